The number of nitrogens with zero attached hydrogens (tertiary/aromatic N) is 3. The Hall–Kier alpha value is -3.78. The molecule has 1 aliphatic heterocycles. The predicted molar refractivity (Wildman–Crippen MR) is 153 cm³/mol. The van der Waals surface area contributed by atoms with Crippen LogP contribution in [-0.4, -0.2) is 40.8 Å². The summed E-state index contributed by atoms with van der Waals surface area (Å²) in [6.07, 6.45) is 3.35. The third-order valence-electron chi connectivity index (χ3n) is 7.47. The molecule has 0 bridgehead atoms. The SMILES string of the molecule is CC(C)c1c(C(N)=O)ccc(N(c2cc(C(N)=O)ccc2F)C2CCN(Cc3ccccn3)CC2)c1C(C)C. The highest BCUT2D eigenvalue weighted by molar-refractivity contribution is 5.96. The van der Waals surface area contributed by atoms with Gasteiger partial charge in [0.1, 0.15) is 5.82 Å². The quantitative estimate of drug-likeness (QED) is 0.381. The van der Waals surface area contributed by atoms with E-state index in [9.17, 15) is 9.59 Å². The first-order valence-electron chi connectivity index (χ1n) is 13.6. The molecule has 0 unspecified atom stereocenters. The van der Waals surface area contributed by atoms with E-state index in [0.29, 0.717) is 11.3 Å². The summed E-state index contributed by atoms with van der Waals surface area (Å²) in [5.74, 6) is -1.48. The number of carbonyl (C=O) groups is 2. The fourth-order valence-corrected chi connectivity index (χ4v) is 5.71. The molecule has 7 nitrogen and oxygen atoms in total. The fourth-order valence-electron chi connectivity index (χ4n) is 5.71. The number of likely N-dealkylation sites (tertiary alicyclic amines) is 1. The summed E-state index contributed by atoms with van der Waals surface area (Å²) < 4.78 is 15.6. The van der Waals surface area contributed by atoms with Crippen LogP contribution in [0.1, 0.15) is 89.9 Å². The number of piperidine rings is 1. The number of halogens is 1. The molecule has 0 saturated carbocycles. The van der Waals surface area contributed by atoms with Gasteiger partial charge in [-0.25, -0.2) is 4.39 Å². The van der Waals surface area contributed by atoms with Crippen molar-refractivity contribution in [3.05, 3.63) is 88.5 Å². The Morgan fingerprint density at radius 2 is 1.64 bits per heavy atom. The van der Waals surface area contributed by atoms with Gasteiger partial charge in [-0.05, 0) is 78.3 Å². The van der Waals surface area contributed by atoms with E-state index in [1.807, 2.05) is 43.0 Å². The van der Waals surface area contributed by atoms with Crippen molar-refractivity contribution in [3.8, 4) is 0 Å². The van der Waals surface area contributed by atoms with Gasteiger partial charge in [-0.2, -0.15) is 0 Å². The average molecular weight is 532 g/mol. The summed E-state index contributed by atoms with van der Waals surface area (Å²) in [5.41, 5.74) is 16.1. The summed E-state index contributed by atoms with van der Waals surface area (Å²) in [6, 6.07) is 13.7. The van der Waals surface area contributed by atoms with Crippen LogP contribution in [0.3, 0.4) is 0 Å². The van der Waals surface area contributed by atoms with Crippen LogP contribution in [0, 0.1) is 5.82 Å². The van der Waals surface area contributed by atoms with Crippen molar-refractivity contribution in [2.75, 3.05) is 18.0 Å². The maximum Gasteiger partial charge on any atom is 0.248 e. The van der Waals surface area contributed by atoms with Gasteiger partial charge in [0, 0.05) is 48.7 Å². The molecule has 2 aromatic carbocycles. The number of hydrogen-bond acceptors (Lipinski definition) is 5. The van der Waals surface area contributed by atoms with Crippen LogP contribution in [0.25, 0.3) is 0 Å². The van der Waals surface area contributed by atoms with E-state index in [-0.39, 0.29) is 23.4 Å². The van der Waals surface area contributed by atoms with Gasteiger partial charge >= 0.3 is 0 Å². The van der Waals surface area contributed by atoms with Crippen LogP contribution in [-0.2, 0) is 6.54 Å². The molecule has 3 aromatic rings. The molecule has 2 heterocycles. The Labute approximate surface area is 230 Å². The summed E-state index contributed by atoms with van der Waals surface area (Å²) in [6.45, 7) is 10.6. The van der Waals surface area contributed by atoms with Crippen LogP contribution >= 0.6 is 0 Å². The summed E-state index contributed by atoms with van der Waals surface area (Å²) in [5, 5.41) is 0. The second kappa shape index (κ2) is 11.9. The third kappa shape index (κ3) is 6.11. The Morgan fingerprint density at radius 1 is 0.949 bits per heavy atom. The lowest BCUT2D eigenvalue weighted by atomic mass is 9.84. The van der Waals surface area contributed by atoms with Crippen molar-refractivity contribution in [2.45, 2.75) is 65.0 Å². The summed E-state index contributed by atoms with van der Waals surface area (Å²) in [7, 11) is 0. The largest absolute Gasteiger partial charge is 0.366 e. The number of nitrogens with two attached hydrogens (primary N) is 2. The van der Waals surface area contributed by atoms with Crippen molar-refractivity contribution in [1.29, 1.82) is 0 Å². The van der Waals surface area contributed by atoms with Crippen LogP contribution in [0.5, 0.6) is 0 Å². The minimum absolute atomic E-state index is 0.0220. The van der Waals surface area contributed by atoms with Gasteiger partial charge in [0.15, 0.2) is 0 Å². The van der Waals surface area contributed by atoms with E-state index in [0.717, 1.165) is 55.0 Å². The number of aromatic nitrogens is 1. The third-order valence-corrected chi connectivity index (χ3v) is 7.47. The molecule has 0 aliphatic carbocycles. The van der Waals surface area contributed by atoms with Gasteiger partial charge < -0.3 is 16.4 Å². The normalized spacial score (nSPS) is 14.6. The van der Waals surface area contributed by atoms with Crippen molar-refractivity contribution >= 4 is 23.2 Å². The zero-order valence-electron chi connectivity index (χ0n) is 23.2. The van der Waals surface area contributed by atoms with Crippen molar-refractivity contribution in [2.24, 2.45) is 11.5 Å². The van der Waals surface area contributed by atoms with E-state index in [1.165, 1.54) is 12.1 Å². The average Bonchev–Trinajstić information content (AvgIpc) is 2.90. The van der Waals surface area contributed by atoms with Gasteiger partial charge in [0.25, 0.3) is 0 Å². The van der Waals surface area contributed by atoms with E-state index in [4.69, 9.17) is 11.5 Å². The van der Waals surface area contributed by atoms with Crippen molar-refractivity contribution in [3.63, 3.8) is 0 Å². The number of pyridine rings is 1. The van der Waals surface area contributed by atoms with Gasteiger partial charge in [-0.1, -0.05) is 33.8 Å². The van der Waals surface area contributed by atoms with E-state index >= 15 is 4.39 Å². The number of amides is 2. The van der Waals surface area contributed by atoms with Crippen molar-refractivity contribution < 1.29 is 14.0 Å². The molecule has 1 saturated heterocycles. The molecule has 8 heteroatoms. The van der Waals surface area contributed by atoms with Gasteiger partial charge in [-0.3, -0.25) is 19.5 Å². The molecule has 4 N–H and O–H groups in total. The van der Waals surface area contributed by atoms with E-state index in [2.05, 4.69) is 23.7 Å². The highest BCUT2D eigenvalue weighted by atomic mass is 19.1. The van der Waals surface area contributed by atoms with Gasteiger partial charge in [0.2, 0.25) is 11.8 Å². The molecule has 39 heavy (non-hydrogen) atoms. The topological polar surface area (TPSA) is 106 Å². The molecule has 206 valence electrons. The lowest BCUT2D eigenvalue weighted by Gasteiger charge is -2.41. The summed E-state index contributed by atoms with van der Waals surface area (Å²) in [4.78, 5) is 33.3. The molecule has 4 rings (SSSR count). The molecular formula is C31H38FN5O2. The first-order chi connectivity index (χ1) is 18.6. The maximum atomic E-state index is 15.6. The molecule has 0 atom stereocenters. The number of hydrogen-bond donors (Lipinski definition) is 2. The monoisotopic (exact) mass is 531 g/mol. The Kier molecular flexibility index (Phi) is 8.65. The minimum atomic E-state index is -0.614. The second-order valence-corrected chi connectivity index (χ2v) is 10.9. The molecular weight excluding hydrogens is 493 g/mol. The van der Waals surface area contributed by atoms with E-state index < -0.39 is 17.6 Å². The highest BCUT2D eigenvalue weighted by Gasteiger charge is 2.32. The number of primary amides is 2. The molecule has 1 aliphatic rings. The Morgan fingerprint density at radius 3 is 2.21 bits per heavy atom. The lowest BCUT2D eigenvalue weighted by molar-refractivity contribution is 0.0991. The molecule has 1 aromatic heterocycles. The van der Waals surface area contributed by atoms with Gasteiger partial charge in [-0.15, -0.1) is 0 Å². The fraction of sp³-hybridized carbons (Fsp3) is 0.387. The number of carbonyl (C=O) groups excluding carboxylic acids is 2. The number of benzene rings is 2. The maximum absolute atomic E-state index is 15.6. The minimum Gasteiger partial charge on any atom is -0.366 e. The van der Waals surface area contributed by atoms with Crippen LogP contribution in [0.4, 0.5) is 15.8 Å². The van der Waals surface area contributed by atoms with Crippen molar-refractivity contribution in [1.82, 2.24) is 9.88 Å². The molecule has 1 fully saturated rings. The molecule has 0 spiro atoms. The predicted octanol–water partition coefficient (Wildman–Crippen LogP) is 5.47. The highest BCUT2D eigenvalue weighted by Crippen LogP contribution is 2.43. The van der Waals surface area contributed by atoms with Crippen LogP contribution in [0.15, 0.2) is 54.7 Å². The molecule has 0 radical (unpaired) electrons. The van der Waals surface area contributed by atoms with E-state index in [1.54, 1.807) is 18.3 Å². The number of anilines is 2. The zero-order chi connectivity index (χ0) is 28.3. The lowest BCUT2D eigenvalue weighted by Crippen LogP contribution is -2.43. The Balaban J connectivity index is 1.82. The first kappa shape index (κ1) is 28.2. The van der Waals surface area contributed by atoms with Crippen LogP contribution < -0.4 is 16.4 Å². The number of rotatable bonds is 9. The first-order valence-corrected chi connectivity index (χ1v) is 13.6. The zero-order valence-corrected chi connectivity index (χ0v) is 23.2. The van der Waals surface area contributed by atoms with Crippen LogP contribution in [0.2, 0.25) is 0 Å². The standard InChI is InChI=1S/C31H38FN5O2/c1-19(2)28-24(31(34)39)9-11-26(29(28)20(3)4)37(27-17-21(30(33)38)8-10-25(27)32)23-12-15-36(16-13-23)18-22-7-5-6-14-35-22/h5-11,14,17,19-20,23H,12-13,15-16,18H2,1-4H3,(H2,33,38)(H2,34,39). The second-order valence-electron chi connectivity index (χ2n) is 10.9. The smallest absolute Gasteiger partial charge is 0.248 e. The molecule has 2 amide bonds. The van der Waals surface area contributed by atoms with Gasteiger partial charge in [0.05, 0.1) is 11.4 Å². The summed E-state index contributed by atoms with van der Waals surface area (Å²) >= 11 is 0. The Bertz CT molecular complexity index is 1330.